The smallest absolute Gasteiger partial charge is 0.238 e. The summed E-state index contributed by atoms with van der Waals surface area (Å²) >= 11 is 0. The molecule has 0 bridgehead atoms. The molecular weight excluding hydrogens is 314 g/mol. The summed E-state index contributed by atoms with van der Waals surface area (Å²) in [6, 6.07) is 13.2. The molecule has 0 aliphatic rings. The van der Waals surface area contributed by atoms with Gasteiger partial charge < -0.3 is 4.74 Å². The Kier molecular flexibility index (Phi) is 5.36. The lowest BCUT2D eigenvalue weighted by atomic mass is 10.2. The van der Waals surface area contributed by atoms with Crippen molar-refractivity contribution in [2.24, 2.45) is 10.2 Å². The fraction of sp³-hybridized carbons (Fsp3) is 0.0625. The highest BCUT2D eigenvalue weighted by atomic mass is 32.2. The van der Waals surface area contributed by atoms with Gasteiger partial charge in [0.05, 0.1) is 16.8 Å². The second kappa shape index (κ2) is 7.45. The summed E-state index contributed by atoms with van der Waals surface area (Å²) < 4.78 is 27.6. The number of nitrogens with one attached hydrogen (secondary N) is 1. The maximum atomic E-state index is 11.2. The van der Waals surface area contributed by atoms with Crippen LogP contribution < -0.4 is 15.3 Å². The zero-order chi connectivity index (χ0) is 16.7. The van der Waals surface area contributed by atoms with Crippen molar-refractivity contribution in [1.29, 1.82) is 0 Å². The Hall–Kier alpha value is -2.82. The number of benzene rings is 2. The number of terminal acetylenes is 1. The van der Waals surface area contributed by atoms with Crippen molar-refractivity contribution in [1.82, 2.24) is 0 Å². The van der Waals surface area contributed by atoms with Crippen LogP contribution in [0.4, 0.5) is 5.69 Å². The van der Waals surface area contributed by atoms with Gasteiger partial charge in [-0.2, -0.15) is 5.10 Å². The van der Waals surface area contributed by atoms with Crippen molar-refractivity contribution in [3.05, 3.63) is 54.1 Å². The van der Waals surface area contributed by atoms with Crippen LogP contribution in [0.3, 0.4) is 0 Å². The molecule has 0 spiro atoms. The molecule has 0 heterocycles. The summed E-state index contributed by atoms with van der Waals surface area (Å²) in [5.41, 5.74) is 4.25. The van der Waals surface area contributed by atoms with Gasteiger partial charge in [-0.05, 0) is 42.0 Å². The lowest BCUT2D eigenvalue weighted by Crippen LogP contribution is -2.11. The van der Waals surface area contributed by atoms with Crippen LogP contribution in [0.1, 0.15) is 5.56 Å². The Bertz CT molecular complexity index is 838. The topological polar surface area (TPSA) is 93.8 Å². The maximum Gasteiger partial charge on any atom is 0.238 e. The molecule has 0 amide bonds. The van der Waals surface area contributed by atoms with Crippen molar-refractivity contribution >= 4 is 21.9 Å². The van der Waals surface area contributed by atoms with E-state index in [9.17, 15) is 8.42 Å². The third-order valence-corrected chi connectivity index (χ3v) is 3.70. The van der Waals surface area contributed by atoms with Crippen molar-refractivity contribution in [3.8, 4) is 18.1 Å². The summed E-state index contributed by atoms with van der Waals surface area (Å²) in [5, 5.41) is 9.10. The van der Waals surface area contributed by atoms with E-state index in [1.54, 1.807) is 30.5 Å². The van der Waals surface area contributed by atoms with E-state index >= 15 is 0 Å². The first-order valence-corrected chi connectivity index (χ1v) is 8.12. The molecule has 0 aliphatic heterocycles. The van der Waals surface area contributed by atoms with Gasteiger partial charge in [-0.1, -0.05) is 18.1 Å². The third kappa shape index (κ3) is 5.14. The first-order valence-electron chi connectivity index (χ1n) is 6.57. The standard InChI is InChI=1S/C16H15N3O3S/c1-2-10-22-15-5-3-4-13(11-15)12-18-19-14-6-8-16(9-7-14)23(17,20)21/h1,3-9,11-12,19H,10H2,(H2,17,20,21). The molecular formula is C16H15N3O3S. The Labute approximate surface area is 135 Å². The predicted octanol–water partition coefficient (Wildman–Crippen LogP) is 1.79. The number of hydrazone groups is 1. The van der Waals surface area contributed by atoms with Gasteiger partial charge in [0.15, 0.2) is 0 Å². The fourth-order valence-electron chi connectivity index (χ4n) is 1.71. The summed E-state index contributed by atoms with van der Waals surface area (Å²) in [7, 11) is -3.69. The van der Waals surface area contributed by atoms with Crippen molar-refractivity contribution in [3.63, 3.8) is 0 Å². The molecule has 23 heavy (non-hydrogen) atoms. The van der Waals surface area contributed by atoms with Crippen LogP contribution >= 0.6 is 0 Å². The zero-order valence-electron chi connectivity index (χ0n) is 12.1. The van der Waals surface area contributed by atoms with Gasteiger partial charge in [-0.25, -0.2) is 13.6 Å². The lowest BCUT2D eigenvalue weighted by molar-refractivity contribution is 0.370. The van der Waals surface area contributed by atoms with Crippen LogP contribution in [-0.4, -0.2) is 21.2 Å². The molecule has 0 aromatic heterocycles. The molecule has 0 fully saturated rings. The van der Waals surface area contributed by atoms with Crippen LogP contribution in [0.25, 0.3) is 0 Å². The van der Waals surface area contributed by atoms with Crippen LogP contribution in [0, 0.1) is 12.3 Å². The number of nitrogens with zero attached hydrogens (tertiary/aromatic N) is 1. The van der Waals surface area contributed by atoms with Gasteiger partial charge in [0.25, 0.3) is 0 Å². The van der Waals surface area contributed by atoms with Gasteiger partial charge in [0.2, 0.25) is 10.0 Å². The molecule has 0 saturated heterocycles. The Morgan fingerprint density at radius 1 is 1.26 bits per heavy atom. The van der Waals surface area contributed by atoms with E-state index in [0.29, 0.717) is 11.4 Å². The average Bonchev–Trinajstić information content (AvgIpc) is 2.53. The van der Waals surface area contributed by atoms with Crippen molar-refractivity contribution in [2.45, 2.75) is 4.90 Å². The molecule has 3 N–H and O–H groups in total. The fourth-order valence-corrected chi connectivity index (χ4v) is 2.23. The first-order chi connectivity index (χ1) is 11.0. The molecule has 118 valence electrons. The highest BCUT2D eigenvalue weighted by molar-refractivity contribution is 7.89. The number of ether oxygens (including phenoxy) is 1. The van der Waals surface area contributed by atoms with Crippen LogP contribution in [0.5, 0.6) is 5.75 Å². The number of anilines is 1. The van der Waals surface area contributed by atoms with Crippen molar-refractivity contribution in [2.75, 3.05) is 12.0 Å². The van der Waals surface area contributed by atoms with E-state index in [1.165, 1.54) is 12.1 Å². The van der Waals surface area contributed by atoms with E-state index in [1.807, 2.05) is 12.1 Å². The van der Waals surface area contributed by atoms with Gasteiger partial charge in [-0.3, -0.25) is 5.43 Å². The minimum atomic E-state index is -3.69. The molecule has 2 aromatic rings. The summed E-state index contributed by atoms with van der Waals surface area (Å²) in [4.78, 5) is 0.0467. The average molecular weight is 329 g/mol. The Balaban J connectivity index is 2.00. The number of hydrogen-bond acceptors (Lipinski definition) is 5. The summed E-state index contributed by atoms with van der Waals surface area (Å²) in [6.45, 7) is 0.204. The van der Waals surface area contributed by atoms with E-state index in [0.717, 1.165) is 5.56 Å². The molecule has 0 aliphatic carbocycles. The Morgan fingerprint density at radius 3 is 2.65 bits per heavy atom. The number of nitrogens with two attached hydrogens (primary N) is 1. The van der Waals surface area contributed by atoms with E-state index in [-0.39, 0.29) is 11.5 Å². The molecule has 6 nitrogen and oxygen atoms in total. The lowest BCUT2D eigenvalue weighted by Gasteiger charge is -2.03. The zero-order valence-corrected chi connectivity index (χ0v) is 13.0. The molecule has 0 radical (unpaired) electrons. The number of primary sulfonamides is 1. The SMILES string of the molecule is C#CCOc1cccc(C=NNc2ccc(S(N)(=O)=O)cc2)c1. The number of rotatable bonds is 6. The second-order valence-corrected chi connectivity index (χ2v) is 6.07. The summed E-state index contributed by atoms with van der Waals surface area (Å²) in [5.74, 6) is 3.05. The maximum absolute atomic E-state index is 11.2. The van der Waals surface area contributed by atoms with Crippen LogP contribution in [0.15, 0.2) is 58.5 Å². The minimum absolute atomic E-state index is 0.0467. The van der Waals surface area contributed by atoms with Crippen molar-refractivity contribution < 1.29 is 13.2 Å². The van der Waals surface area contributed by atoms with Gasteiger partial charge in [0, 0.05) is 0 Å². The van der Waals surface area contributed by atoms with E-state index < -0.39 is 10.0 Å². The monoisotopic (exact) mass is 329 g/mol. The van der Waals surface area contributed by atoms with Gasteiger partial charge in [-0.15, -0.1) is 6.42 Å². The van der Waals surface area contributed by atoms with Gasteiger partial charge >= 0.3 is 0 Å². The molecule has 2 rings (SSSR count). The van der Waals surface area contributed by atoms with E-state index in [4.69, 9.17) is 16.3 Å². The predicted molar refractivity (Wildman–Crippen MR) is 89.8 cm³/mol. The molecule has 0 unspecified atom stereocenters. The van der Waals surface area contributed by atoms with Crippen LogP contribution in [0.2, 0.25) is 0 Å². The minimum Gasteiger partial charge on any atom is -0.481 e. The summed E-state index contributed by atoms with van der Waals surface area (Å²) in [6.07, 6.45) is 6.75. The Morgan fingerprint density at radius 2 is 2.00 bits per heavy atom. The largest absolute Gasteiger partial charge is 0.481 e. The molecule has 7 heteroatoms. The van der Waals surface area contributed by atoms with Crippen LogP contribution in [-0.2, 0) is 10.0 Å². The third-order valence-electron chi connectivity index (χ3n) is 2.77. The quantitative estimate of drug-likeness (QED) is 0.480. The van der Waals surface area contributed by atoms with Gasteiger partial charge in [0.1, 0.15) is 12.4 Å². The second-order valence-electron chi connectivity index (χ2n) is 4.50. The number of sulfonamides is 1. The normalized spacial score (nSPS) is 11.1. The highest BCUT2D eigenvalue weighted by Gasteiger charge is 2.06. The molecule has 0 atom stereocenters. The number of hydrogen-bond donors (Lipinski definition) is 2. The highest BCUT2D eigenvalue weighted by Crippen LogP contribution is 2.14. The first kappa shape index (κ1) is 16.5. The molecule has 0 saturated carbocycles. The van der Waals surface area contributed by atoms with E-state index in [2.05, 4.69) is 16.4 Å². The molecule has 2 aromatic carbocycles.